The quantitative estimate of drug-likeness (QED) is 0.870. The molecule has 96 valence electrons. The van der Waals surface area contributed by atoms with Gasteiger partial charge in [0.1, 0.15) is 5.88 Å². The minimum atomic E-state index is -1.04. The third-order valence-electron chi connectivity index (χ3n) is 2.33. The van der Waals surface area contributed by atoms with E-state index in [-0.39, 0.29) is 29.6 Å². The molecule has 0 bridgehead atoms. The van der Waals surface area contributed by atoms with Gasteiger partial charge in [-0.3, -0.25) is 0 Å². The van der Waals surface area contributed by atoms with E-state index < -0.39 is 17.7 Å². The van der Waals surface area contributed by atoms with E-state index in [1.54, 1.807) is 0 Å². The molecule has 1 aromatic carbocycles. The lowest BCUT2D eigenvalue weighted by molar-refractivity contribution is 0.174. The first-order valence-corrected chi connectivity index (χ1v) is 5.64. The summed E-state index contributed by atoms with van der Waals surface area (Å²) in [5, 5.41) is 13.4. The van der Waals surface area contributed by atoms with Crippen molar-refractivity contribution in [3.05, 3.63) is 47.1 Å². The summed E-state index contributed by atoms with van der Waals surface area (Å²) in [7, 11) is 0. The smallest absolute Gasteiger partial charge is 0.241 e. The second-order valence-electron chi connectivity index (χ2n) is 3.63. The summed E-state index contributed by atoms with van der Waals surface area (Å²) in [6.07, 6.45) is -1.01. The Bertz CT molecular complexity index is 548. The van der Waals surface area contributed by atoms with Crippen LogP contribution in [-0.2, 0) is 12.3 Å². The fourth-order valence-electron chi connectivity index (χ4n) is 1.44. The SMILES string of the molecule is O[C@@H](Cc1noc(CCl)n1)c1ccc(F)c(F)c1. The summed E-state index contributed by atoms with van der Waals surface area (Å²) in [6.45, 7) is 0. The zero-order chi connectivity index (χ0) is 13.1. The van der Waals surface area contributed by atoms with E-state index in [9.17, 15) is 13.9 Å². The fourth-order valence-corrected chi connectivity index (χ4v) is 1.55. The topological polar surface area (TPSA) is 59.2 Å². The number of hydrogen-bond donors (Lipinski definition) is 1. The van der Waals surface area contributed by atoms with E-state index in [2.05, 4.69) is 10.1 Å². The van der Waals surface area contributed by atoms with Gasteiger partial charge >= 0.3 is 0 Å². The average molecular weight is 275 g/mol. The van der Waals surface area contributed by atoms with Gasteiger partial charge < -0.3 is 9.63 Å². The van der Waals surface area contributed by atoms with Gasteiger partial charge in [-0.15, -0.1) is 11.6 Å². The molecular weight excluding hydrogens is 266 g/mol. The number of hydrogen-bond acceptors (Lipinski definition) is 4. The van der Waals surface area contributed by atoms with Gasteiger partial charge in [-0.2, -0.15) is 4.98 Å². The predicted molar refractivity (Wildman–Crippen MR) is 58.9 cm³/mol. The van der Waals surface area contributed by atoms with Crippen molar-refractivity contribution in [2.75, 3.05) is 0 Å². The Morgan fingerprint density at radius 3 is 2.72 bits per heavy atom. The molecule has 2 rings (SSSR count). The molecule has 0 saturated carbocycles. The maximum atomic E-state index is 13.0. The van der Waals surface area contributed by atoms with E-state index >= 15 is 0 Å². The normalized spacial score (nSPS) is 12.7. The maximum Gasteiger partial charge on any atom is 0.241 e. The Morgan fingerprint density at radius 1 is 1.33 bits per heavy atom. The van der Waals surface area contributed by atoms with Crippen LogP contribution in [0, 0.1) is 11.6 Å². The van der Waals surface area contributed by atoms with Gasteiger partial charge in [0, 0.05) is 6.42 Å². The monoisotopic (exact) mass is 274 g/mol. The second kappa shape index (κ2) is 5.41. The summed E-state index contributed by atoms with van der Waals surface area (Å²) in [5.41, 5.74) is 0.242. The molecule has 0 spiro atoms. The van der Waals surface area contributed by atoms with Crippen molar-refractivity contribution in [2.45, 2.75) is 18.4 Å². The van der Waals surface area contributed by atoms with Crippen LogP contribution in [0.1, 0.15) is 23.4 Å². The summed E-state index contributed by atoms with van der Waals surface area (Å²) in [5.74, 6) is -1.41. The lowest BCUT2D eigenvalue weighted by atomic mass is 10.1. The zero-order valence-corrected chi connectivity index (χ0v) is 9.86. The first-order chi connectivity index (χ1) is 8.60. The fraction of sp³-hybridized carbons (Fsp3) is 0.273. The van der Waals surface area contributed by atoms with E-state index in [1.165, 1.54) is 6.07 Å². The van der Waals surface area contributed by atoms with Crippen LogP contribution in [0.15, 0.2) is 22.7 Å². The highest BCUT2D eigenvalue weighted by Crippen LogP contribution is 2.19. The van der Waals surface area contributed by atoms with Gasteiger partial charge in [-0.05, 0) is 17.7 Å². The zero-order valence-electron chi connectivity index (χ0n) is 9.11. The molecule has 0 unspecified atom stereocenters. The number of rotatable bonds is 4. The van der Waals surface area contributed by atoms with Gasteiger partial charge in [0.25, 0.3) is 0 Å². The Hall–Kier alpha value is -1.53. The highest BCUT2D eigenvalue weighted by atomic mass is 35.5. The van der Waals surface area contributed by atoms with E-state index in [1.807, 2.05) is 0 Å². The van der Waals surface area contributed by atoms with Crippen molar-refractivity contribution < 1.29 is 18.4 Å². The van der Waals surface area contributed by atoms with Gasteiger partial charge in [0.05, 0.1) is 6.10 Å². The van der Waals surface area contributed by atoms with Crippen molar-refractivity contribution >= 4 is 11.6 Å². The van der Waals surface area contributed by atoms with E-state index in [0.29, 0.717) is 0 Å². The average Bonchev–Trinajstić information content (AvgIpc) is 2.80. The van der Waals surface area contributed by atoms with Crippen LogP contribution in [0.3, 0.4) is 0 Å². The molecule has 0 aliphatic rings. The number of alkyl halides is 1. The van der Waals surface area contributed by atoms with Crippen LogP contribution >= 0.6 is 11.6 Å². The number of nitrogens with zero attached hydrogens (tertiary/aromatic N) is 2. The molecular formula is C11H9ClF2N2O2. The molecule has 0 amide bonds. The molecule has 1 aromatic heterocycles. The van der Waals surface area contributed by atoms with Gasteiger partial charge in [-0.1, -0.05) is 11.2 Å². The summed E-state index contributed by atoms with van der Waals surface area (Å²) in [6, 6.07) is 3.18. The molecule has 0 aliphatic carbocycles. The van der Waals surface area contributed by atoms with Crippen LogP contribution in [0.2, 0.25) is 0 Å². The van der Waals surface area contributed by atoms with Crippen LogP contribution in [0.5, 0.6) is 0 Å². The summed E-state index contributed by atoms with van der Waals surface area (Å²) in [4.78, 5) is 3.90. The van der Waals surface area contributed by atoms with Gasteiger partial charge in [-0.25, -0.2) is 8.78 Å². The molecule has 7 heteroatoms. The number of aliphatic hydroxyl groups excluding tert-OH is 1. The van der Waals surface area contributed by atoms with Crippen molar-refractivity contribution in [3.8, 4) is 0 Å². The minimum Gasteiger partial charge on any atom is -0.388 e. The molecule has 1 heterocycles. The Balaban J connectivity index is 2.11. The Labute approximate surface area is 106 Å². The molecule has 18 heavy (non-hydrogen) atoms. The minimum absolute atomic E-state index is 0.0332. The number of aromatic nitrogens is 2. The van der Waals surface area contributed by atoms with Crippen LogP contribution < -0.4 is 0 Å². The van der Waals surface area contributed by atoms with Crippen molar-refractivity contribution in [3.63, 3.8) is 0 Å². The molecule has 0 fully saturated rings. The maximum absolute atomic E-state index is 13.0. The van der Waals surface area contributed by atoms with Crippen LogP contribution in [0.25, 0.3) is 0 Å². The molecule has 0 saturated heterocycles. The van der Waals surface area contributed by atoms with E-state index in [0.717, 1.165) is 12.1 Å². The van der Waals surface area contributed by atoms with Gasteiger partial charge in [0.2, 0.25) is 5.89 Å². The third kappa shape index (κ3) is 2.83. The highest BCUT2D eigenvalue weighted by Gasteiger charge is 2.15. The third-order valence-corrected chi connectivity index (χ3v) is 2.56. The van der Waals surface area contributed by atoms with Gasteiger partial charge in [0.15, 0.2) is 17.5 Å². The van der Waals surface area contributed by atoms with Crippen molar-refractivity contribution in [1.29, 1.82) is 0 Å². The Morgan fingerprint density at radius 2 is 2.11 bits per heavy atom. The molecule has 1 N–H and O–H groups in total. The largest absolute Gasteiger partial charge is 0.388 e. The van der Waals surface area contributed by atoms with Crippen molar-refractivity contribution in [1.82, 2.24) is 10.1 Å². The molecule has 1 atom stereocenters. The number of aliphatic hydroxyl groups is 1. The van der Waals surface area contributed by atoms with Crippen LogP contribution in [0.4, 0.5) is 8.78 Å². The van der Waals surface area contributed by atoms with Crippen molar-refractivity contribution in [2.24, 2.45) is 0 Å². The number of halogens is 3. The predicted octanol–water partition coefficient (Wildman–Crippen LogP) is 2.36. The second-order valence-corrected chi connectivity index (χ2v) is 3.90. The lowest BCUT2D eigenvalue weighted by Gasteiger charge is -2.08. The first kappa shape index (κ1) is 12.9. The summed E-state index contributed by atoms with van der Waals surface area (Å²) >= 11 is 5.48. The molecule has 0 radical (unpaired) electrons. The molecule has 2 aromatic rings. The first-order valence-electron chi connectivity index (χ1n) is 5.10. The molecule has 0 aliphatic heterocycles. The van der Waals surface area contributed by atoms with E-state index in [4.69, 9.17) is 16.1 Å². The van der Waals surface area contributed by atoms with Crippen LogP contribution in [-0.4, -0.2) is 15.2 Å². The Kier molecular flexibility index (Phi) is 3.88. The molecule has 4 nitrogen and oxygen atoms in total. The standard InChI is InChI=1S/C11H9ClF2N2O2/c12-5-11-15-10(16-18-11)4-9(17)6-1-2-7(13)8(14)3-6/h1-3,9,17H,4-5H2/t9-/m0/s1. The highest BCUT2D eigenvalue weighted by molar-refractivity contribution is 6.16. The lowest BCUT2D eigenvalue weighted by Crippen LogP contribution is -2.04. The summed E-state index contributed by atoms with van der Waals surface area (Å²) < 4.78 is 30.5. The number of benzene rings is 1.